The van der Waals surface area contributed by atoms with Crippen molar-refractivity contribution >= 4 is 38.6 Å². The first-order valence-electron chi connectivity index (χ1n) is 5.04. The first kappa shape index (κ1) is 11.8. The first-order valence-corrected chi connectivity index (χ1v) is 5.83. The van der Waals surface area contributed by atoms with Crippen LogP contribution >= 0.6 is 15.9 Å². The highest BCUT2D eigenvalue weighted by molar-refractivity contribution is 9.10. The van der Waals surface area contributed by atoms with E-state index in [0.29, 0.717) is 5.52 Å². The molecule has 2 aromatic heterocycles. The zero-order chi connectivity index (χ0) is 12.4. The maximum absolute atomic E-state index is 11.0. The molecule has 0 aliphatic heterocycles. The van der Waals surface area contributed by atoms with Gasteiger partial charge in [-0.15, -0.1) is 0 Å². The molecule has 0 aromatic carbocycles. The van der Waals surface area contributed by atoms with Crippen molar-refractivity contribution in [3.63, 3.8) is 0 Å². The Morgan fingerprint density at radius 2 is 2.29 bits per heavy atom. The van der Waals surface area contributed by atoms with Crippen LogP contribution in [0.2, 0.25) is 0 Å². The van der Waals surface area contributed by atoms with Gasteiger partial charge in [0.15, 0.2) is 0 Å². The smallest absolute Gasteiger partial charge is 0.239 e. The highest BCUT2D eigenvalue weighted by Gasteiger charge is 2.11. The van der Waals surface area contributed by atoms with Crippen LogP contribution in [0, 0.1) is 0 Å². The first-order chi connectivity index (χ1) is 8.08. The topological polar surface area (TPSA) is 80.9 Å². The van der Waals surface area contributed by atoms with Gasteiger partial charge in [0.1, 0.15) is 11.6 Å². The van der Waals surface area contributed by atoms with Crippen LogP contribution in [0.15, 0.2) is 29.0 Å². The van der Waals surface area contributed by atoms with E-state index in [9.17, 15) is 4.79 Å². The average Bonchev–Trinajstić information content (AvgIpc) is 2.28. The van der Waals surface area contributed by atoms with Gasteiger partial charge in [-0.3, -0.25) is 14.8 Å². The van der Waals surface area contributed by atoms with Crippen LogP contribution in [-0.2, 0) is 4.79 Å². The van der Waals surface area contributed by atoms with Gasteiger partial charge in [-0.2, -0.15) is 0 Å². The zero-order valence-electron chi connectivity index (χ0n) is 9.14. The molecule has 1 atom stereocenters. The van der Waals surface area contributed by atoms with Crippen molar-refractivity contribution in [2.75, 3.05) is 5.32 Å². The van der Waals surface area contributed by atoms with Crippen LogP contribution < -0.4 is 11.1 Å². The molecule has 1 unspecified atom stereocenters. The van der Waals surface area contributed by atoms with Gasteiger partial charge < -0.3 is 11.1 Å². The normalized spacial score (nSPS) is 12.4. The molecule has 1 amide bonds. The SMILES string of the molecule is CC(Nc1ccnc2cc(Br)cnc12)C(N)=O. The Labute approximate surface area is 107 Å². The highest BCUT2D eigenvalue weighted by Crippen LogP contribution is 2.22. The third kappa shape index (κ3) is 2.52. The predicted molar refractivity (Wildman–Crippen MR) is 69.5 cm³/mol. The van der Waals surface area contributed by atoms with Gasteiger partial charge in [0, 0.05) is 16.9 Å². The van der Waals surface area contributed by atoms with E-state index in [1.165, 1.54) is 0 Å². The minimum Gasteiger partial charge on any atom is -0.372 e. The molecule has 17 heavy (non-hydrogen) atoms. The number of pyridine rings is 2. The van der Waals surface area contributed by atoms with E-state index in [2.05, 4.69) is 31.2 Å². The summed E-state index contributed by atoms with van der Waals surface area (Å²) < 4.78 is 0.859. The number of nitrogens with one attached hydrogen (secondary N) is 1. The van der Waals surface area contributed by atoms with E-state index < -0.39 is 11.9 Å². The number of rotatable bonds is 3. The molecule has 2 rings (SSSR count). The Bertz CT molecular complexity index is 572. The van der Waals surface area contributed by atoms with Crippen molar-refractivity contribution in [1.29, 1.82) is 0 Å². The number of nitrogens with zero attached hydrogens (tertiary/aromatic N) is 2. The van der Waals surface area contributed by atoms with Gasteiger partial charge >= 0.3 is 0 Å². The minimum atomic E-state index is -0.453. The third-order valence-corrected chi connectivity index (χ3v) is 2.78. The number of primary amides is 1. The molecule has 3 N–H and O–H groups in total. The average molecular weight is 295 g/mol. The molecule has 0 aliphatic carbocycles. The van der Waals surface area contributed by atoms with E-state index in [-0.39, 0.29) is 0 Å². The molecule has 88 valence electrons. The molecule has 0 saturated heterocycles. The minimum absolute atomic E-state index is 0.410. The Balaban J connectivity index is 2.44. The van der Waals surface area contributed by atoms with Crippen molar-refractivity contribution < 1.29 is 4.79 Å². The molecule has 5 nitrogen and oxygen atoms in total. The molecule has 0 saturated carbocycles. The number of carbonyl (C=O) groups excluding carboxylic acids is 1. The standard InChI is InChI=1S/C11H11BrN4O/c1-6(11(13)17)16-8-2-3-14-9-4-7(12)5-15-10(8)9/h2-6H,1H3,(H2,13,17)(H,14,16). The summed E-state index contributed by atoms with van der Waals surface area (Å²) in [6.07, 6.45) is 3.34. The summed E-state index contributed by atoms with van der Waals surface area (Å²) in [6.45, 7) is 1.70. The molecule has 0 bridgehead atoms. The second kappa shape index (κ2) is 4.67. The molecular weight excluding hydrogens is 284 g/mol. The predicted octanol–water partition coefficient (Wildman–Crippen LogP) is 1.68. The van der Waals surface area contributed by atoms with Crippen LogP contribution in [0.1, 0.15) is 6.92 Å². The fourth-order valence-electron chi connectivity index (χ4n) is 1.43. The van der Waals surface area contributed by atoms with Crippen LogP contribution in [0.4, 0.5) is 5.69 Å². The Morgan fingerprint density at radius 3 is 3.00 bits per heavy atom. The number of nitrogens with two attached hydrogens (primary N) is 1. The summed E-state index contributed by atoms with van der Waals surface area (Å²) >= 11 is 3.33. The largest absolute Gasteiger partial charge is 0.372 e. The van der Waals surface area contributed by atoms with E-state index in [1.807, 2.05) is 6.07 Å². The lowest BCUT2D eigenvalue weighted by molar-refractivity contribution is -0.118. The van der Waals surface area contributed by atoms with Crippen molar-refractivity contribution in [3.8, 4) is 0 Å². The molecule has 6 heteroatoms. The van der Waals surface area contributed by atoms with Crippen molar-refractivity contribution in [2.24, 2.45) is 5.73 Å². The summed E-state index contributed by atoms with van der Waals surface area (Å²) in [5, 5.41) is 3.01. The van der Waals surface area contributed by atoms with Crippen molar-refractivity contribution in [3.05, 3.63) is 29.0 Å². The van der Waals surface area contributed by atoms with Gasteiger partial charge in [0.05, 0.1) is 11.2 Å². The highest BCUT2D eigenvalue weighted by atomic mass is 79.9. The van der Waals surface area contributed by atoms with Crippen LogP contribution in [0.25, 0.3) is 11.0 Å². The van der Waals surface area contributed by atoms with Gasteiger partial charge in [0.25, 0.3) is 0 Å². The summed E-state index contributed by atoms with van der Waals surface area (Å²) in [4.78, 5) is 19.5. The number of halogens is 1. The number of hydrogen-bond acceptors (Lipinski definition) is 4. The molecule has 0 aliphatic rings. The quantitative estimate of drug-likeness (QED) is 0.902. The summed E-state index contributed by atoms with van der Waals surface area (Å²) in [5.41, 5.74) is 7.41. The Hall–Kier alpha value is -1.69. The fraction of sp³-hybridized carbons (Fsp3) is 0.182. The Kier molecular flexibility index (Phi) is 3.23. The lowest BCUT2D eigenvalue weighted by Crippen LogP contribution is -2.32. The second-order valence-corrected chi connectivity index (χ2v) is 4.56. The third-order valence-electron chi connectivity index (χ3n) is 2.34. The van der Waals surface area contributed by atoms with Crippen molar-refractivity contribution in [1.82, 2.24) is 9.97 Å². The molecule has 2 aromatic rings. The van der Waals surface area contributed by atoms with E-state index in [4.69, 9.17) is 5.73 Å². The van der Waals surface area contributed by atoms with Gasteiger partial charge in [0.2, 0.25) is 5.91 Å². The Morgan fingerprint density at radius 1 is 1.53 bits per heavy atom. The van der Waals surface area contributed by atoms with Crippen molar-refractivity contribution in [2.45, 2.75) is 13.0 Å². The van der Waals surface area contributed by atoms with Gasteiger partial charge in [-0.1, -0.05) is 0 Å². The van der Waals surface area contributed by atoms with E-state index in [0.717, 1.165) is 15.7 Å². The van der Waals surface area contributed by atoms with E-state index in [1.54, 1.807) is 25.4 Å². The zero-order valence-corrected chi connectivity index (χ0v) is 10.7. The van der Waals surface area contributed by atoms with Crippen LogP contribution in [0.5, 0.6) is 0 Å². The number of anilines is 1. The summed E-state index contributed by atoms with van der Waals surface area (Å²) in [5.74, 6) is -0.410. The number of carbonyl (C=O) groups is 1. The molecule has 0 spiro atoms. The fourth-order valence-corrected chi connectivity index (χ4v) is 1.75. The van der Waals surface area contributed by atoms with Crippen LogP contribution in [-0.4, -0.2) is 21.9 Å². The number of amides is 1. The van der Waals surface area contributed by atoms with Crippen LogP contribution in [0.3, 0.4) is 0 Å². The van der Waals surface area contributed by atoms with Gasteiger partial charge in [-0.25, -0.2) is 0 Å². The molecule has 0 radical (unpaired) electrons. The summed E-state index contributed by atoms with van der Waals surface area (Å²) in [6, 6.07) is 3.18. The van der Waals surface area contributed by atoms with Gasteiger partial charge in [-0.05, 0) is 35.0 Å². The molecule has 0 fully saturated rings. The van der Waals surface area contributed by atoms with E-state index >= 15 is 0 Å². The maximum atomic E-state index is 11.0. The maximum Gasteiger partial charge on any atom is 0.239 e. The number of aromatic nitrogens is 2. The lowest BCUT2D eigenvalue weighted by Gasteiger charge is -2.12. The lowest BCUT2D eigenvalue weighted by atomic mass is 10.2. The monoisotopic (exact) mass is 294 g/mol. The number of hydrogen-bond donors (Lipinski definition) is 2. The second-order valence-electron chi connectivity index (χ2n) is 3.65. The molecular formula is C11H11BrN4O. The summed E-state index contributed by atoms with van der Waals surface area (Å²) in [7, 11) is 0. The molecule has 2 heterocycles. The number of fused-ring (bicyclic) bond motifs is 1.